The smallest absolute Gasteiger partial charge is 0.244 e. The van der Waals surface area contributed by atoms with Gasteiger partial charge in [-0.1, -0.05) is 29.3 Å². The fourth-order valence-electron chi connectivity index (χ4n) is 1.77. The lowest BCUT2D eigenvalue weighted by Crippen LogP contribution is -2.23. The summed E-state index contributed by atoms with van der Waals surface area (Å²) in [6.07, 6.45) is 6.64. The van der Waals surface area contributed by atoms with E-state index in [0.717, 1.165) is 24.5 Å². The highest BCUT2D eigenvalue weighted by Crippen LogP contribution is 2.28. The zero-order valence-corrected chi connectivity index (χ0v) is 13.3. The summed E-state index contributed by atoms with van der Waals surface area (Å²) in [6.45, 7) is 2.19. The molecule has 0 aromatic heterocycles. The fourth-order valence-corrected chi connectivity index (χ4v) is 2.07. The van der Waals surface area contributed by atoms with E-state index in [-0.39, 0.29) is 5.91 Å². The predicted molar refractivity (Wildman–Crippen MR) is 86.7 cm³/mol. The molecule has 0 aliphatic heterocycles. The number of hydrogen-bond acceptors (Lipinski definition) is 2. The van der Waals surface area contributed by atoms with E-state index in [2.05, 4.69) is 5.32 Å². The maximum absolute atomic E-state index is 11.6. The largest absolute Gasteiger partial charge is 0.381 e. The van der Waals surface area contributed by atoms with Crippen molar-refractivity contribution in [2.24, 2.45) is 5.92 Å². The summed E-state index contributed by atoms with van der Waals surface area (Å²) in [7, 11) is 0. The summed E-state index contributed by atoms with van der Waals surface area (Å²) in [5.41, 5.74) is 0.840. The number of carbonyl (C=O) groups is 1. The normalized spacial score (nSPS) is 14.6. The third kappa shape index (κ3) is 6.51. The molecule has 3 nitrogen and oxygen atoms in total. The number of halogens is 2. The Balaban J connectivity index is 1.61. The van der Waals surface area contributed by atoms with E-state index in [9.17, 15) is 4.79 Å². The number of benzene rings is 1. The highest BCUT2D eigenvalue weighted by Gasteiger charge is 2.20. The second-order valence-electron chi connectivity index (χ2n) is 5.17. The number of ether oxygens (including phenoxy) is 1. The van der Waals surface area contributed by atoms with E-state index in [1.54, 1.807) is 18.2 Å². The maximum atomic E-state index is 11.6. The van der Waals surface area contributed by atoms with Crippen molar-refractivity contribution in [3.05, 3.63) is 39.9 Å². The van der Waals surface area contributed by atoms with Gasteiger partial charge in [0.25, 0.3) is 0 Å². The highest BCUT2D eigenvalue weighted by molar-refractivity contribution is 6.42. The third-order valence-corrected chi connectivity index (χ3v) is 3.93. The molecule has 0 heterocycles. The Morgan fingerprint density at radius 1 is 1.33 bits per heavy atom. The van der Waals surface area contributed by atoms with Crippen molar-refractivity contribution in [3.63, 3.8) is 0 Å². The van der Waals surface area contributed by atoms with Crippen molar-refractivity contribution < 1.29 is 9.53 Å². The molecule has 2 rings (SSSR count). The average molecular weight is 328 g/mol. The Hall–Kier alpha value is -1.03. The van der Waals surface area contributed by atoms with Crippen LogP contribution in [0.4, 0.5) is 0 Å². The van der Waals surface area contributed by atoms with Crippen molar-refractivity contribution in [2.45, 2.75) is 19.3 Å². The van der Waals surface area contributed by atoms with Gasteiger partial charge in [-0.25, -0.2) is 0 Å². The number of hydrogen-bond donors (Lipinski definition) is 1. The van der Waals surface area contributed by atoms with Gasteiger partial charge in [-0.3, -0.25) is 4.79 Å². The Bertz CT molecular complexity index is 513. The number of nitrogens with one attached hydrogen (secondary N) is 1. The SMILES string of the molecule is O=C(/C=C/c1ccc(Cl)c(Cl)c1)NCCCOCC1CC1. The molecule has 21 heavy (non-hydrogen) atoms. The molecule has 1 aromatic carbocycles. The monoisotopic (exact) mass is 327 g/mol. The van der Waals surface area contributed by atoms with E-state index < -0.39 is 0 Å². The molecule has 5 heteroatoms. The van der Waals surface area contributed by atoms with Crippen molar-refractivity contribution in [3.8, 4) is 0 Å². The minimum absolute atomic E-state index is 0.122. The molecule has 0 unspecified atom stereocenters. The molecule has 0 bridgehead atoms. The van der Waals surface area contributed by atoms with Crippen LogP contribution in [0.5, 0.6) is 0 Å². The Kier molecular flexibility index (Phi) is 6.55. The zero-order chi connectivity index (χ0) is 15.1. The molecule has 1 amide bonds. The van der Waals surface area contributed by atoms with Crippen molar-refractivity contribution in [1.82, 2.24) is 5.32 Å². The quantitative estimate of drug-likeness (QED) is 0.580. The van der Waals surface area contributed by atoms with Crippen molar-refractivity contribution in [2.75, 3.05) is 19.8 Å². The molecule has 1 aromatic rings. The van der Waals surface area contributed by atoms with Crippen molar-refractivity contribution in [1.29, 1.82) is 0 Å². The van der Waals surface area contributed by atoms with Gasteiger partial charge in [0.2, 0.25) is 5.91 Å². The van der Waals surface area contributed by atoms with Crippen LogP contribution in [0.15, 0.2) is 24.3 Å². The van der Waals surface area contributed by atoms with Gasteiger partial charge in [-0.2, -0.15) is 0 Å². The summed E-state index contributed by atoms with van der Waals surface area (Å²) in [5.74, 6) is 0.664. The zero-order valence-electron chi connectivity index (χ0n) is 11.8. The second kappa shape index (κ2) is 8.42. The molecular formula is C16H19Cl2NO2. The summed E-state index contributed by atoms with van der Waals surface area (Å²) >= 11 is 11.7. The Labute approximate surface area is 135 Å². The van der Waals surface area contributed by atoms with E-state index in [1.165, 1.54) is 18.9 Å². The first-order valence-corrected chi connectivity index (χ1v) is 7.89. The predicted octanol–water partition coefficient (Wildman–Crippen LogP) is 3.94. The Morgan fingerprint density at radius 3 is 2.86 bits per heavy atom. The van der Waals surface area contributed by atoms with Crippen LogP contribution in [-0.2, 0) is 9.53 Å². The van der Waals surface area contributed by atoms with Crippen LogP contribution in [0.1, 0.15) is 24.8 Å². The van der Waals surface area contributed by atoms with Crippen LogP contribution in [-0.4, -0.2) is 25.7 Å². The lowest BCUT2D eigenvalue weighted by molar-refractivity contribution is -0.116. The van der Waals surface area contributed by atoms with Crippen molar-refractivity contribution >= 4 is 35.2 Å². The number of amides is 1. The molecule has 1 aliphatic rings. The van der Waals surface area contributed by atoms with Crippen LogP contribution in [0.25, 0.3) is 6.08 Å². The maximum Gasteiger partial charge on any atom is 0.244 e. The molecular weight excluding hydrogens is 309 g/mol. The Morgan fingerprint density at radius 2 is 2.14 bits per heavy atom. The second-order valence-corrected chi connectivity index (χ2v) is 5.98. The standard InChI is InChI=1S/C16H19Cl2NO2/c17-14-6-4-12(10-15(14)18)5-7-16(20)19-8-1-9-21-11-13-2-3-13/h4-7,10,13H,1-3,8-9,11H2,(H,19,20)/b7-5+. The molecule has 0 spiro atoms. The van der Waals surface area contributed by atoms with E-state index in [1.807, 2.05) is 6.07 Å². The average Bonchev–Trinajstić information content (AvgIpc) is 3.28. The van der Waals surface area contributed by atoms with Crippen LogP contribution in [0.3, 0.4) is 0 Å². The van der Waals surface area contributed by atoms with E-state index in [0.29, 0.717) is 23.2 Å². The molecule has 114 valence electrons. The van der Waals surface area contributed by atoms with Gasteiger partial charge in [0.15, 0.2) is 0 Å². The van der Waals surface area contributed by atoms with Crippen LogP contribution < -0.4 is 5.32 Å². The van der Waals surface area contributed by atoms with Crippen LogP contribution in [0, 0.1) is 5.92 Å². The molecule has 0 saturated heterocycles. The van der Waals surface area contributed by atoms with Gasteiger partial charge in [-0.15, -0.1) is 0 Å². The van der Waals surface area contributed by atoms with Gasteiger partial charge in [-0.05, 0) is 49.0 Å². The summed E-state index contributed by atoms with van der Waals surface area (Å²) in [6, 6.07) is 5.24. The number of rotatable bonds is 8. The molecule has 1 aliphatic carbocycles. The minimum atomic E-state index is -0.122. The summed E-state index contributed by atoms with van der Waals surface area (Å²) < 4.78 is 5.50. The van der Waals surface area contributed by atoms with E-state index in [4.69, 9.17) is 27.9 Å². The minimum Gasteiger partial charge on any atom is -0.381 e. The first-order valence-electron chi connectivity index (χ1n) is 7.14. The van der Waals surface area contributed by atoms with Gasteiger partial charge in [0.05, 0.1) is 10.0 Å². The first-order chi connectivity index (χ1) is 10.1. The van der Waals surface area contributed by atoms with Gasteiger partial charge >= 0.3 is 0 Å². The van der Waals surface area contributed by atoms with Gasteiger partial charge < -0.3 is 10.1 Å². The van der Waals surface area contributed by atoms with E-state index >= 15 is 0 Å². The molecule has 1 fully saturated rings. The molecule has 0 atom stereocenters. The fraction of sp³-hybridized carbons (Fsp3) is 0.438. The van der Waals surface area contributed by atoms with Crippen LogP contribution >= 0.6 is 23.2 Å². The lowest BCUT2D eigenvalue weighted by atomic mass is 10.2. The highest BCUT2D eigenvalue weighted by atomic mass is 35.5. The van der Waals surface area contributed by atoms with Gasteiger partial charge in [0, 0.05) is 25.8 Å². The van der Waals surface area contributed by atoms with Gasteiger partial charge in [0.1, 0.15) is 0 Å². The first kappa shape index (κ1) is 16.3. The lowest BCUT2D eigenvalue weighted by Gasteiger charge is -2.04. The molecule has 0 radical (unpaired) electrons. The number of carbonyl (C=O) groups excluding carboxylic acids is 1. The topological polar surface area (TPSA) is 38.3 Å². The summed E-state index contributed by atoms with van der Waals surface area (Å²) in [4.78, 5) is 11.6. The van der Waals surface area contributed by atoms with Crippen LogP contribution in [0.2, 0.25) is 10.0 Å². The molecule has 1 N–H and O–H groups in total. The summed E-state index contributed by atoms with van der Waals surface area (Å²) in [5, 5.41) is 3.80. The third-order valence-electron chi connectivity index (χ3n) is 3.19. The molecule has 1 saturated carbocycles.